The highest BCUT2D eigenvalue weighted by Crippen LogP contribution is 2.12. The molecule has 1 heterocycles. The molecule has 0 aromatic carbocycles. The zero-order chi connectivity index (χ0) is 8.97. The van der Waals surface area contributed by atoms with Crippen LogP contribution in [0.2, 0.25) is 0 Å². The lowest BCUT2D eigenvalue weighted by molar-refractivity contribution is -0.115. The van der Waals surface area contributed by atoms with Crippen LogP contribution in [0.3, 0.4) is 0 Å². The minimum absolute atomic E-state index is 0.434. The molecule has 12 heavy (non-hydrogen) atoms. The first kappa shape index (κ1) is 9.45. The summed E-state index contributed by atoms with van der Waals surface area (Å²) in [7, 11) is 0. The number of piperidine rings is 1. The van der Waals surface area contributed by atoms with E-state index in [4.69, 9.17) is 5.73 Å². The third-order valence-corrected chi connectivity index (χ3v) is 2.00. The molecule has 1 amide bonds. The highest BCUT2D eigenvalue weighted by molar-refractivity contribution is 5.83. The van der Waals surface area contributed by atoms with Gasteiger partial charge in [-0.25, -0.2) is 4.39 Å². The van der Waals surface area contributed by atoms with Crippen molar-refractivity contribution in [3.8, 4) is 0 Å². The van der Waals surface area contributed by atoms with Gasteiger partial charge in [0.05, 0.1) is 6.42 Å². The molecule has 1 unspecified atom stereocenters. The maximum atomic E-state index is 12.8. The first-order valence-electron chi connectivity index (χ1n) is 4.17. The van der Waals surface area contributed by atoms with Gasteiger partial charge >= 0.3 is 0 Å². The topological polar surface area (TPSA) is 46.3 Å². The highest BCUT2D eigenvalue weighted by Gasteiger charge is 2.18. The van der Waals surface area contributed by atoms with Crippen LogP contribution in [0.5, 0.6) is 0 Å². The molecule has 1 fully saturated rings. The number of primary amides is 1. The quantitative estimate of drug-likeness (QED) is 0.658. The van der Waals surface area contributed by atoms with Crippen molar-refractivity contribution in [3.05, 3.63) is 6.42 Å². The lowest BCUT2D eigenvalue weighted by atomic mass is 10.1. The van der Waals surface area contributed by atoms with Crippen LogP contribution in [0.15, 0.2) is 0 Å². The summed E-state index contributed by atoms with van der Waals surface area (Å²) in [4.78, 5) is 12.3. The average Bonchev–Trinajstić information content (AvgIpc) is 2.01. The number of likely N-dealkylation sites (tertiary alicyclic amines) is 1. The number of halogens is 1. The Balaban J connectivity index is 2.18. The van der Waals surface area contributed by atoms with Crippen molar-refractivity contribution in [2.75, 3.05) is 19.6 Å². The predicted molar refractivity (Wildman–Crippen MR) is 44.1 cm³/mol. The van der Waals surface area contributed by atoms with Crippen LogP contribution in [-0.4, -0.2) is 36.6 Å². The zero-order valence-electron chi connectivity index (χ0n) is 7.00. The maximum Gasteiger partial charge on any atom is 0.222 e. The molecular weight excluding hydrogens is 159 g/mol. The molecule has 1 radical (unpaired) electrons. The van der Waals surface area contributed by atoms with Crippen molar-refractivity contribution in [2.24, 2.45) is 5.73 Å². The number of nitrogens with two attached hydrogens (primary N) is 1. The Morgan fingerprint density at radius 1 is 1.75 bits per heavy atom. The van der Waals surface area contributed by atoms with Crippen LogP contribution < -0.4 is 5.73 Å². The van der Waals surface area contributed by atoms with Crippen LogP contribution in [0.25, 0.3) is 0 Å². The molecule has 0 saturated carbocycles. The largest absolute Gasteiger partial charge is 0.369 e. The first-order valence-corrected chi connectivity index (χ1v) is 4.17. The molecule has 1 atom stereocenters. The van der Waals surface area contributed by atoms with Crippen molar-refractivity contribution in [1.29, 1.82) is 0 Å². The molecule has 0 spiro atoms. The fourth-order valence-electron chi connectivity index (χ4n) is 1.38. The monoisotopic (exact) mass is 173 g/mol. The average molecular weight is 173 g/mol. The van der Waals surface area contributed by atoms with Crippen molar-refractivity contribution < 1.29 is 9.18 Å². The van der Waals surface area contributed by atoms with Gasteiger partial charge in [-0.3, -0.25) is 9.69 Å². The molecule has 3 nitrogen and oxygen atoms in total. The molecule has 1 saturated heterocycles. The van der Waals surface area contributed by atoms with E-state index in [0.29, 0.717) is 19.5 Å². The second-order valence-corrected chi connectivity index (χ2v) is 3.11. The molecule has 2 N–H and O–H groups in total. The number of amides is 1. The summed E-state index contributed by atoms with van der Waals surface area (Å²) >= 11 is 0. The fourth-order valence-corrected chi connectivity index (χ4v) is 1.38. The summed E-state index contributed by atoms with van der Waals surface area (Å²) in [5.74, 6) is -0.434. The van der Waals surface area contributed by atoms with E-state index >= 15 is 0 Å². The highest BCUT2D eigenvalue weighted by atomic mass is 19.1. The molecular formula is C8H14FN2O. The molecule has 1 aliphatic rings. The van der Waals surface area contributed by atoms with Gasteiger partial charge in [-0.05, 0) is 19.4 Å². The Labute approximate surface area is 71.7 Å². The molecule has 0 bridgehead atoms. The number of hydrogen-bond acceptors (Lipinski definition) is 2. The summed E-state index contributed by atoms with van der Waals surface area (Å²) in [6, 6.07) is 0. The second-order valence-electron chi connectivity index (χ2n) is 3.11. The van der Waals surface area contributed by atoms with Gasteiger partial charge in [0.2, 0.25) is 5.91 Å². The number of carbonyl (C=O) groups excluding carboxylic acids is 1. The Bertz CT molecular complexity index is 163. The second kappa shape index (κ2) is 4.40. The van der Waals surface area contributed by atoms with Crippen molar-refractivity contribution >= 4 is 5.91 Å². The van der Waals surface area contributed by atoms with Gasteiger partial charge in [-0.2, -0.15) is 0 Å². The van der Waals surface area contributed by atoms with Crippen LogP contribution in [0.4, 0.5) is 4.39 Å². The number of rotatable bonds is 3. The van der Waals surface area contributed by atoms with E-state index < -0.39 is 12.1 Å². The van der Waals surface area contributed by atoms with E-state index in [1.54, 1.807) is 0 Å². The maximum absolute atomic E-state index is 12.8. The van der Waals surface area contributed by atoms with E-state index in [2.05, 4.69) is 0 Å². The van der Waals surface area contributed by atoms with E-state index in [1.807, 2.05) is 4.90 Å². The van der Waals surface area contributed by atoms with Crippen molar-refractivity contribution in [2.45, 2.75) is 19.0 Å². The smallest absolute Gasteiger partial charge is 0.222 e. The molecule has 0 aliphatic carbocycles. The Morgan fingerprint density at radius 2 is 2.50 bits per heavy atom. The molecule has 69 valence electrons. The molecule has 0 aromatic heterocycles. The minimum atomic E-state index is -0.736. The fraction of sp³-hybridized carbons (Fsp3) is 0.750. The summed E-state index contributed by atoms with van der Waals surface area (Å²) in [6.45, 7) is 1.78. The normalized spacial score (nSPS) is 25.6. The van der Waals surface area contributed by atoms with E-state index in [-0.39, 0.29) is 0 Å². The van der Waals surface area contributed by atoms with Gasteiger partial charge < -0.3 is 5.73 Å². The molecule has 0 aromatic rings. The third-order valence-electron chi connectivity index (χ3n) is 2.00. The molecule has 1 rings (SSSR count). The minimum Gasteiger partial charge on any atom is -0.369 e. The SMILES string of the molecule is NC(=O)[CH]CN1CCCC(F)C1. The van der Waals surface area contributed by atoms with Crippen molar-refractivity contribution in [1.82, 2.24) is 4.90 Å². The lowest BCUT2D eigenvalue weighted by Gasteiger charge is -2.28. The summed E-state index contributed by atoms with van der Waals surface area (Å²) in [5, 5.41) is 0. The van der Waals surface area contributed by atoms with E-state index in [0.717, 1.165) is 13.0 Å². The number of nitrogens with zero attached hydrogens (tertiary/aromatic N) is 1. The van der Waals surface area contributed by atoms with Crippen LogP contribution >= 0.6 is 0 Å². The zero-order valence-corrected chi connectivity index (χ0v) is 7.00. The van der Waals surface area contributed by atoms with Crippen LogP contribution in [-0.2, 0) is 4.79 Å². The predicted octanol–water partition coefficient (Wildman–Crippen LogP) is 0.110. The Morgan fingerprint density at radius 3 is 3.08 bits per heavy atom. The van der Waals surface area contributed by atoms with Gasteiger partial charge in [-0.15, -0.1) is 0 Å². The van der Waals surface area contributed by atoms with Crippen LogP contribution in [0.1, 0.15) is 12.8 Å². The van der Waals surface area contributed by atoms with E-state index in [1.165, 1.54) is 6.42 Å². The summed E-state index contributed by atoms with van der Waals surface area (Å²) in [5.41, 5.74) is 4.93. The van der Waals surface area contributed by atoms with Gasteiger partial charge in [0.25, 0.3) is 0 Å². The standard InChI is InChI=1S/C8H14FN2O/c9-7-2-1-4-11(6-7)5-3-8(10)12/h3,7H,1-2,4-6H2,(H2,10,12). The Hall–Kier alpha value is -0.640. The molecule has 1 aliphatic heterocycles. The molecule has 4 heteroatoms. The number of hydrogen-bond donors (Lipinski definition) is 1. The van der Waals surface area contributed by atoms with Crippen LogP contribution in [0, 0.1) is 6.42 Å². The number of alkyl halides is 1. The van der Waals surface area contributed by atoms with Gasteiger partial charge in [0.15, 0.2) is 0 Å². The van der Waals surface area contributed by atoms with E-state index in [9.17, 15) is 9.18 Å². The lowest BCUT2D eigenvalue weighted by Crippen LogP contribution is -2.38. The summed E-state index contributed by atoms with van der Waals surface area (Å²) < 4.78 is 12.8. The van der Waals surface area contributed by atoms with Gasteiger partial charge in [0, 0.05) is 13.1 Å². The Kier molecular flexibility index (Phi) is 3.47. The van der Waals surface area contributed by atoms with Gasteiger partial charge in [0.1, 0.15) is 6.17 Å². The first-order chi connectivity index (χ1) is 5.68. The van der Waals surface area contributed by atoms with Crippen molar-refractivity contribution in [3.63, 3.8) is 0 Å². The summed E-state index contributed by atoms with van der Waals surface area (Å²) in [6.07, 6.45) is 2.17. The number of carbonyl (C=O) groups is 1. The van der Waals surface area contributed by atoms with Gasteiger partial charge in [-0.1, -0.05) is 0 Å². The third kappa shape index (κ3) is 3.17.